The number of piperidine rings is 1. The zero-order chi connectivity index (χ0) is 22.9. The van der Waals surface area contributed by atoms with Crippen LogP contribution in [0.3, 0.4) is 0 Å². The smallest absolute Gasteiger partial charge is 0.326 e. The molecule has 4 heterocycles. The molecule has 0 bridgehead atoms. The molecule has 0 spiro atoms. The Kier molecular flexibility index (Phi) is 5.29. The molecule has 2 amide bonds. The number of nitrogens with zero attached hydrogens (tertiary/aromatic N) is 3. The average Bonchev–Trinajstić information content (AvgIpc) is 3.42. The molecule has 3 aromatic heterocycles. The fourth-order valence-electron chi connectivity index (χ4n) is 4.55. The number of amides is 2. The van der Waals surface area contributed by atoms with Crippen molar-refractivity contribution >= 4 is 40.0 Å². The van der Waals surface area contributed by atoms with Crippen LogP contribution < -0.4 is 11.0 Å². The lowest BCUT2D eigenvalue weighted by molar-refractivity contribution is -0.130. The summed E-state index contributed by atoms with van der Waals surface area (Å²) < 4.78 is 1.74. The average molecular weight is 444 g/mol. The molecular weight excluding hydrogens is 420 g/mol. The van der Waals surface area contributed by atoms with E-state index in [0.717, 1.165) is 29.3 Å². The van der Waals surface area contributed by atoms with Crippen LogP contribution in [-0.2, 0) is 9.59 Å². The first-order chi connectivity index (χ1) is 16.0. The largest absolute Gasteiger partial charge is 0.346 e. The van der Waals surface area contributed by atoms with E-state index in [9.17, 15) is 14.4 Å². The normalized spacial score (nSPS) is 16.9. The van der Waals surface area contributed by atoms with Gasteiger partial charge in [0.1, 0.15) is 11.3 Å². The molecule has 9 nitrogen and oxygen atoms in total. The number of likely N-dealkylation sites (tertiary alicyclic amines) is 1. The van der Waals surface area contributed by atoms with Gasteiger partial charge in [-0.3, -0.25) is 14.2 Å². The maximum absolute atomic E-state index is 13.4. The number of fused-ring (bicyclic) bond motifs is 3. The lowest BCUT2D eigenvalue weighted by Gasteiger charge is -2.34. The molecule has 3 N–H and O–H groups in total. The topological polar surface area (TPSA) is 116 Å². The minimum absolute atomic E-state index is 0.195. The molecule has 0 aliphatic carbocycles. The summed E-state index contributed by atoms with van der Waals surface area (Å²) in [4.78, 5) is 50.1. The first-order valence-corrected chi connectivity index (χ1v) is 10.9. The van der Waals surface area contributed by atoms with Gasteiger partial charge in [-0.05, 0) is 30.5 Å². The summed E-state index contributed by atoms with van der Waals surface area (Å²) in [6.45, 7) is 2.30. The van der Waals surface area contributed by atoms with Gasteiger partial charge in [0, 0.05) is 31.6 Å². The quantitative estimate of drug-likeness (QED) is 0.420. The van der Waals surface area contributed by atoms with Crippen LogP contribution in [0.4, 0.5) is 0 Å². The van der Waals surface area contributed by atoms with E-state index < -0.39 is 0 Å². The van der Waals surface area contributed by atoms with E-state index in [1.165, 1.54) is 6.92 Å². The second-order valence-electron chi connectivity index (χ2n) is 8.26. The Bertz CT molecular complexity index is 1430. The Morgan fingerprint density at radius 2 is 2.03 bits per heavy atom. The van der Waals surface area contributed by atoms with Crippen LogP contribution in [0.15, 0.2) is 59.3 Å². The van der Waals surface area contributed by atoms with E-state index in [1.54, 1.807) is 27.9 Å². The number of imidazole rings is 1. The fourth-order valence-corrected chi connectivity index (χ4v) is 4.55. The van der Waals surface area contributed by atoms with Crippen molar-refractivity contribution in [3.63, 3.8) is 0 Å². The first kappa shape index (κ1) is 20.7. The number of benzene rings is 1. The monoisotopic (exact) mass is 444 g/mol. The molecule has 168 valence electrons. The van der Waals surface area contributed by atoms with Crippen molar-refractivity contribution in [3.05, 3.63) is 70.5 Å². The summed E-state index contributed by atoms with van der Waals surface area (Å²) in [5, 5.41) is 3.54. The molecule has 33 heavy (non-hydrogen) atoms. The zero-order valence-corrected chi connectivity index (χ0v) is 18.2. The van der Waals surface area contributed by atoms with Crippen LogP contribution in [-0.4, -0.2) is 49.3 Å². The maximum Gasteiger partial charge on any atom is 0.326 e. The minimum atomic E-state index is -0.311. The number of nitrogens with one attached hydrogen (secondary N) is 3. The van der Waals surface area contributed by atoms with E-state index in [4.69, 9.17) is 0 Å². The highest BCUT2D eigenvalue weighted by atomic mass is 16.2. The van der Waals surface area contributed by atoms with Gasteiger partial charge in [0.2, 0.25) is 5.91 Å². The molecule has 0 unspecified atom stereocenters. The number of aromatic amines is 2. The van der Waals surface area contributed by atoms with Crippen molar-refractivity contribution in [2.75, 3.05) is 13.1 Å². The van der Waals surface area contributed by atoms with E-state index in [2.05, 4.69) is 20.3 Å². The summed E-state index contributed by atoms with van der Waals surface area (Å²) in [5.74, 6) is -0.575. The zero-order valence-electron chi connectivity index (χ0n) is 18.2. The van der Waals surface area contributed by atoms with E-state index in [1.807, 2.05) is 36.4 Å². The predicted octanol–water partition coefficient (Wildman–Crippen LogP) is 2.55. The number of aromatic nitrogens is 4. The van der Waals surface area contributed by atoms with Crippen molar-refractivity contribution in [3.8, 4) is 0 Å². The number of carbonyl (C=O) groups excluding carboxylic acids is 2. The second kappa shape index (κ2) is 8.42. The van der Waals surface area contributed by atoms with Gasteiger partial charge in [0.05, 0.1) is 23.3 Å². The molecular formula is C24H24N6O3. The highest BCUT2D eigenvalue weighted by Crippen LogP contribution is 2.28. The van der Waals surface area contributed by atoms with Crippen LogP contribution >= 0.6 is 0 Å². The van der Waals surface area contributed by atoms with Gasteiger partial charge in [-0.25, -0.2) is 9.78 Å². The molecule has 1 aromatic carbocycles. The molecule has 1 atom stereocenters. The molecule has 1 aliphatic rings. The molecule has 4 aromatic rings. The third-order valence-electron chi connectivity index (χ3n) is 5.96. The van der Waals surface area contributed by atoms with Crippen LogP contribution in [0, 0.1) is 0 Å². The Labute approximate surface area is 189 Å². The Hall–Kier alpha value is -4.14. The summed E-state index contributed by atoms with van der Waals surface area (Å²) in [7, 11) is 0. The van der Waals surface area contributed by atoms with Gasteiger partial charge < -0.3 is 20.2 Å². The van der Waals surface area contributed by atoms with Crippen LogP contribution in [0.5, 0.6) is 0 Å². The van der Waals surface area contributed by atoms with Crippen molar-refractivity contribution < 1.29 is 9.59 Å². The van der Waals surface area contributed by atoms with Crippen LogP contribution in [0.1, 0.15) is 31.4 Å². The number of H-pyrrole nitrogens is 2. The second-order valence-corrected chi connectivity index (χ2v) is 8.26. The van der Waals surface area contributed by atoms with Gasteiger partial charge in [-0.15, -0.1) is 0 Å². The van der Waals surface area contributed by atoms with Crippen molar-refractivity contribution in [2.24, 2.45) is 0 Å². The van der Waals surface area contributed by atoms with Gasteiger partial charge in [0.25, 0.3) is 5.91 Å². The maximum atomic E-state index is 13.4. The van der Waals surface area contributed by atoms with E-state index >= 15 is 0 Å². The summed E-state index contributed by atoms with van der Waals surface area (Å²) >= 11 is 0. The predicted molar refractivity (Wildman–Crippen MR) is 125 cm³/mol. The van der Waals surface area contributed by atoms with E-state index in [-0.39, 0.29) is 29.2 Å². The Balaban J connectivity index is 1.48. The highest BCUT2D eigenvalue weighted by Gasteiger charge is 2.29. The molecule has 0 saturated carbocycles. The van der Waals surface area contributed by atoms with Crippen molar-refractivity contribution in [2.45, 2.75) is 25.8 Å². The van der Waals surface area contributed by atoms with Gasteiger partial charge in [0.15, 0.2) is 0 Å². The lowest BCUT2D eigenvalue weighted by Crippen LogP contribution is -2.45. The van der Waals surface area contributed by atoms with Gasteiger partial charge in [-0.1, -0.05) is 30.3 Å². The number of pyridine rings is 1. The van der Waals surface area contributed by atoms with Crippen LogP contribution in [0.25, 0.3) is 28.1 Å². The summed E-state index contributed by atoms with van der Waals surface area (Å²) in [5.41, 5.74) is 2.97. The highest BCUT2D eigenvalue weighted by molar-refractivity contribution is 6.02. The minimum Gasteiger partial charge on any atom is -0.346 e. The Morgan fingerprint density at radius 1 is 1.21 bits per heavy atom. The lowest BCUT2D eigenvalue weighted by atomic mass is 10.0. The standard InChI is InChI=1S/C24H24N6O3/c1-15(31)27-19(12-16-6-3-2-4-7-16)23(32)29-11-5-8-17(14-29)30-21-18-9-10-25-22(18)26-13-20(21)28-24(30)33/h2-4,6-7,9-10,12-13,17H,5,8,11,14H2,1H3,(H,25,26)(H,27,31)(H,28,33)/b19-12-/t17-/m1/s1. The van der Waals surface area contributed by atoms with Crippen molar-refractivity contribution in [1.29, 1.82) is 0 Å². The molecule has 5 rings (SSSR count). The number of carbonyl (C=O) groups is 2. The summed E-state index contributed by atoms with van der Waals surface area (Å²) in [6, 6.07) is 11.1. The molecule has 9 heteroatoms. The Morgan fingerprint density at radius 3 is 2.82 bits per heavy atom. The number of rotatable bonds is 4. The molecule has 1 saturated heterocycles. The van der Waals surface area contributed by atoms with Gasteiger partial charge >= 0.3 is 5.69 Å². The van der Waals surface area contributed by atoms with Gasteiger partial charge in [-0.2, -0.15) is 0 Å². The fraction of sp³-hybridized carbons (Fsp3) is 0.250. The van der Waals surface area contributed by atoms with Crippen molar-refractivity contribution in [1.82, 2.24) is 29.7 Å². The molecule has 1 aliphatic heterocycles. The molecule has 1 fully saturated rings. The number of hydrogen-bond donors (Lipinski definition) is 3. The summed E-state index contributed by atoms with van der Waals surface area (Å²) in [6.07, 6.45) is 6.64. The first-order valence-electron chi connectivity index (χ1n) is 10.9. The third kappa shape index (κ3) is 3.93. The van der Waals surface area contributed by atoms with E-state index in [0.29, 0.717) is 24.3 Å². The third-order valence-corrected chi connectivity index (χ3v) is 5.96. The number of hydrogen-bond acceptors (Lipinski definition) is 4. The van der Waals surface area contributed by atoms with Crippen LogP contribution in [0.2, 0.25) is 0 Å². The molecule has 0 radical (unpaired) electrons. The SMILES string of the molecule is CC(=O)N/C(=C\c1ccccc1)C(=O)N1CCC[C@@H](n2c(=O)[nH]c3cnc4[nH]ccc4c32)C1.